The van der Waals surface area contributed by atoms with Crippen LogP contribution in [0.5, 0.6) is 17.2 Å². The standard InChI is InChI=1S/C26H29N3O7/c1-7-35-20(30)13-29-23-16(22(28)24(29)26(31)36-8-2)9-14(3)21(17(23)12-27)15-10-18(32-4)25(34-6)19(11-15)33-5/h9-11H,7-8,13,28H2,1-6H3. The lowest BCUT2D eigenvalue weighted by Crippen LogP contribution is -2.20. The van der Waals surface area contributed by atoms with Gasteiger partial charge in [-0.05, 0) is 50.1 Å². The number of carbonyl (C=O) groups excluding carboxylic acids is 2. The molecule has 0 saturated heterocycles. The Labute approximate surface area is 209 Å². The molecule has 0 spiro atoms. The van der Waals surface area contributed by atoms with Crippen LogP contribution < -0.4 is 19.9 Å². The van der Waals surface area contributed by atoms with Gasteiger partial charge in [-0.1, -0.05) is 0 Å². The normalized spacial score (nSPS) is 10.6. The molecule has 2 aromatic carbocycles. The molecule has 10 nitrogen and oxygen atoms in total. The molecule has 0 unspecified atom stereocenters. The van der Waals surface area contributed by atoms with Gasteiger partial charge in [0, 0.05) is 10.9 Å². The Bertz CT molecular complexity index is 1340. The highest BCUT2D eigenvalue weighted by atomic mass is 16.5. The zero-order chi connectivity index (χ0) is 26.6. The number of benzene rings is 2. The molecule has 0 aliphatic heterocycles. The number of aromatic nitrogens is 1. The van der Waals surface area contributed by atoms with E-state index in [9.17, 15) is 14.9 Å². The zero-order valence-corrected chi connectivity index (χ0v) is 21.2. The summed E-state index contributed by atoms with van der Waals surface area (Å²) in [6, 6.07) is 7.47. The third-order valence-corrected chi connectivity index (χ3v) is 5.71. The van der Waals surface area contributed by atoms with Crippen LogP contribution in [0.4, 0.5) is 5.69 Å². The van der Waals surface area contributed by atoms with Crippen molar-refractivity contribution in [2.75, 3.05) is 40.3 Å². The topological polar surface area (TPSA) is 135 Å². The molecular weight excluding hydrogens is 466 g/mol. The predicted octanol–water partition coefficient (Wildman–Crippen LogP) is 3.84. The van der Waals surface area contributed by atoms with Gasteiger partial charge in [0.25, 0.3) is 0 Å². The highest BCUT2D eigenvalue weighted by Gasteiger charge is 2.28. The van der Waals surface area contributed by atoms with E-state index in [1.165, 1.54) is 25.9 Å². The second-order valence-corrected chi connectivity index (χ2v) is 7.74. The number of hydrogen-bond donors (Lipinski definition) is 1. The van der Waals surface area contributed by atoms with E-state index in [-0.39, 0.29) is 36.7 Å². The SMILES string of the molecule is CCOC(=O)Cn1c(C(=O)OCC)c(N)c2cc(C)c(-c3cc(OC)c(OC)c(OC)c3)c(C#N)c21. The number of esters is 2. The molecule has 0 amide bonds. The summed E-state index contributed by atoms with van der Waals surface area (Å²) >= 11 is 0. The molecule has 0 aliphatic carbocycles. The molecule has 0 saturated carbocycles. The summed E-state index contributed by atoms with van der Waals surface area (Å²) in [7, 11) is 4.50. The maximum atomic E-state index is 12.9. The van der Waals surface area contributed by atoms with E-state index < -0.39 is 11.9 Å². The van der Waals surface area contributed by atoms with Crippen LogP contribution in [0.2, 0.25) is 0 Å². The Morgan fingerprint density at radius 2 is 1.61 bits per heavy atom. The monoisotopic (exact) mass is 495 g/mol. The lowest BCUT2D eigenvalue weighted by atomic mass is 9.92. The molecule has 36 heavy (non-hydrogen) atoms. The average Bonchev–Trinajstić information content (AvgIpc) is 3.12. The van der Waals surface area contributed by atoms with E-state index in [0.717, 1.165) is 0 Å². The molecule has 1 aromatic heterocycles. The van der Waals surface area contributed by atoms with Crippen molar-refractivity contribution in [3.8, 4) is 34.4 Å². The molecule has 0 bridgehead atoms. The molecular formula is C26H29N3O7. The number of rotatable bonds is 9. The second-order valence-electron chi connectivity index (χ2n) is 7.74. The first-order valence-corrected chi connectivity index (χ1v) is 11.3. The van der Waals surface area contributed by atoms with Gasteiger partial charge in [0.15, 0.2) is 17.2 Å². The molecule has 0 aliphatic rings. The van der Waals surface area contributed by atoms with Crippen LogP contribution >= 0.6 is 0 Å². The van der Waals surface area contributed by atoms with Gasteiger partial charge in [-0.2, -0.15) is 5.26 Å². The molecule has 190 valence electrons. The van der Waals surface area contributed by atoms with Gasteiger partial charge in [0.05, 0.1) is 51.3 Å². The van der Waals surface area contributed by atoms with E-state index in [1.807, 2.05) is 6.92 Å². The number of carbonyl (C=O) groups is 2. The number of anilines is 1. The first kappa shape index (κ1) is 26.2. The number of nitrogen functional groups attached to an aromatic ring is 1. The smallest absolute Gasteiger partial charge is 0.357 e. The fraction of sp³-hybridized carbons (Fsp3) is 0.346. The lowest BCUT2D eigenvalue weighted by molar-refractivity contribution is -0.143. The second kappa shape index (κ2) is 10.9. The van der Waals surface area contributed by atoms with Gasteiger partial charge in [-0.25, -0.2) is 4.79 Å². The molecule has 10 heteroatoms. The van der Waals surface area contributed by atoms with E-state index in [4.69, 9.17) is 29.4 Å². The number of fused-ring (bicyclic) bond motifs is 1. The van der Waals surface area contributed by atoms with Crippen LogP contribution in [-0.4, -0.2) is 51.0 Å². The van der Waals surface area contributed by atoms with Crippen molar-refractivity contribution < 1.29 is 33.3 Å². The fourth-order valence-corrected chi connectivity index (χ4v) is 4.30. The number of methoxy groups -OCH3 is 3. The lowest BCUT2D eigenvalue weighted by Gasteiger charge is -2.17. The van der Waals surface area contributed by atoms with Gasteiger partial charge in [0.2, 0.25) is 5.75 Å². The number of hydrogen-bond acceptors (Lipinski definition) is 9. The van der Waals surface area contributed by atoms with Crippen molar-refractivity contribution in [3.63, 3.8) is 0 Å². The summed E-state index contributed by atoms with van der Waals surface area (Å²) in [5.41, 5.74) is 8.90. The molecule has 1 heterocycles. The third kappa shape index (κ3) is 4.47. The van der Waals surface area contributed by atoms with Crippen molar-refractivity contribution in [1.29, 1.82) is 5.26 Å². The van der Waals surface area contributed by atoms with Crippen molar-refractivity contribution in [2.24, 2.45) is 0 Å². The molecule has 2 N–H and O–H groups in total. The van der Waals surface area contributed by atoms with Gasteiger partial charge in [-0.15, -0.1) is 0 Å². The molecule has 3 rings (SSSR count). The fourth-order valence-electron chi connectivity index (χ4n) is 4.30. The largest absolute Gasteiger partial charge is 0.493 e. The van der Waals surface area contributed by atoms with Crippen LogP contribution in [0.3, 0.4) is 0 Å². The van der Waals surface area contributed by atoms with E-state index in [1.54, 1.807) is 32.0 Å². The number of aryl methyl sites for hydroxylation is 1. The predicted molar refractivity (Wildman–Crippen MR) is 133 cm³/mol. The van der Waals surface area contributed by atoms with E-state index in [0.29, 0.717) is 44.8 Å². The minimum Gasteiger partial charge on any atom is -0.493 e. The Morgan fingerprint density at radius 1 is 1.00 bits per heavy atom. The van der Waals surface area contributed by atoms with Gasteiger partial charge in [-0.3, -0.25) is 4.79 Å². The van der Waals surface area contributed by atoms with E-state index >= 15 is 0 Å². The van der Waals surface area contributed by atoms with Gasteiger partial charge < -0.3 is 34.0 Å². The first-order valence-electron chi connectivity index (χ1n) is 11.3. The summed E-state index contributed by atoms with van der Waals surface area (Å²) in [5, 5.41) is 10.8. The number of ether oxygens (including phenoxy) is 5. The zero-order valence-electron chi connectivity index (χ0n) is 21.2. The molecule has 0 fully saturated rings. The quantitative estimate of drug-likeness (QED) is 0.439. The van der Waals surface area contributed by atoms with Crippen LogP contribution in [0.25, 0.3) is 22.0 Å². The van der Waals surface area contributed by atoms with Crippen molar-refractivity contribution >= 4 is 28.5 Å². The molecule has 0 radical (unpaired) electrons. The van der Waals surface area contributed by atoms with Crippen LogP contribution in [0.15, 0.2) is 18.2 Å². The first-order chi connectivity index (χ1) is 17.3. The maximum Gasteiger partial charge on any atom is 0.357 e. The number of nitrogens with zero attached hydrogens (tertiary/aromatic N) is 2. The highest BCUT2D eigenvalue weighted by molar-refractivity contribution is 6.10. The minimum absolute atomic E-state index is 0.0159. The van der Waals surface area contributed by atoms with Crippen LogP contribution in [0.1, 0.15) is 35.5 Å². The summed E-state index contributed by atoms with van der Waals surface area (Å²) < 4.78 is 28.1. The number of nitriles is 1. The molecule has 3 aromatic rings. The van der Waals surface area contributed by atoms with Gasteiger partial charge >= 0.3 is 11.9 Å². The summed E-state index contributed by atoms with van der Waals surface area (Å²) in [6.07, 6.45) is 0. The van der Waals surface area contributed by atoms with Gasteiger partial charge in [0.1, 0.15) is 12.6 Å². The summed E-state index contributed by atoms with van der Waals surface area (Å²) in [6.45, 7) is 5.11. The van der Waals surface area contributed by atoms with Crippen LogP contribution in [-0.2, 0) is 20.8 Å². The Morgan fingerprint density at radius 3 is 2.11 bits per heavy atom. The van der Waals surface area contributed by atoms with Crippen molar-refractivity contribution in [3.05, 3.63) is 35.0 Å². The maximum absolute atomic E-state index is 12.9. The van der Waals surface area contributed by atoms with Crippen LogP contribution in [0, 0.1) is 18.3 Å². The Hall–Kier alpha value is -4.39. The average molecular weight is 496 g/mol. The summed E-state index contributed by atoms with van der Waals surface area (Å²) in [5.74, 6) is -0.0709. The minimum atomic E-state index is -0.702. The Balaban J connectivity index is 2.45. The molecule has 0 atom stereocenters. The Kier molecular flexibility index (Phi) is 7.94. The van der Waals surface area contributed by atoms with E-state index in [2.05, 4.69) is 6.07 Å². The summed E-state index contributed by atoms with van der Waals surface area (Å²) in [4.78, 5) is 25.4. The highest BCUT2D eigenvalue weighted by Crippen LogP contribution is 2.45. The number of nitrogens with two attached hydrogens (primary N) is 1. The third-order valence-electron chi connectivity index (χ3n) is 5.71. The van der Waals surface area contributed by atoms with Crippen molar-refractivity contribution in [2.45, 2.75) is 27.3 Å². The van der Waals surface area contributed by atoms with Crippen molar-refractivity contribution in [1.82, 2.24) is 4.57 Å².